The summed E-state index contributed by atoms with van der Waals surface area (Å²) in [4.78, 5) is 10.2. The molecule has 0 aliphatic rings. The number of benzene rings is 4. The standard InChI is InChI=1S/C21H19N3.C10H13NO4S/c1-2-24-20-13-16(23)9-11-18(20)17-10-8-15(22)12-19(17)21(24)14-6-4-3-5-7-14;1-8-2-4-9(5-3-8)16(14,15)11-7-6-10(12)13/h3-13,23H,2,22H2,1H3;2-5,11H,6-7H2,1H3,(H,12,13). The summed E-state index contributed by atoms with van der Waals surface area (Å²) in [5, 5.41) is 13.7. The maximum atomic E-state index is 11.6. The Balaban J connectivity index is 0.000000202. The van der Waals surface area contributed by atoms with Gasteiger partial charge < -0.3 is 21.4 Å². The van der Waals surface area contributed by atoms with E-state index in [-0.39, 0.29) is 17.9 Å². The van der Waals surface area contributed by atoms with Crippen LogP contribution in [-0.4, -0.2) is 20.9 Å². The average Bonchev–Trinajstić information content (AvgIpc) is 2.93. The minimum Gasteiger partial charge on any atom is -0.550 e. The highest BCUT2D eigenvalue weighted by Gasteiger charge is 2.22. The van der Waals surface area contributed by atoms with Crippen molar-refractivity contribution in [1.29, 1.82) is 0 Å². The van der Waals surface area contributed by atoms with E-state index < -0.39 is 16.0 Å². The van der Waals surface area contributed by atoms with Crippen molar-refractivity contribution in [2.75, 3.05) is 18.0 Å². The summed E-state index contributed by atoms with van der Waals surface area (Å²) < 4.78 is 27.7. The van der Waals surface area contributed by atoms with E-state index in [4.69, 9.17) is 11.5 Å². The summed E-state index contributed by atoms with van der Waals surface area (Å²) in [6, 6.07) is 29.0. The number of aryl methyl sites for hydroxylation is 2. The molecule has 0 radical (unpaired) electrons. The van der Waals surface area contributed by atoms with Crippen LogP contribution in [0.5, 0.6) is 0 Å². The van der Waals surface area contributed by atoms with Gasteiger partial charge in [0.1, 0.15) is 6.54 Å². The molecule has 0 bridgehead atoms. The zero-order valence-electron chi connectivity index (χ0n) is 22.4. The zero-order chi connectivity index (χ0) is 28.9. The van der Waals surface area contributed by atoms with E-state index in [0.717, 1.165) is 29.0 Å². The van der Waals surface area contributed by atoms with Gasteiger partial charge in [0.05, 0.1) is 15.7 Å². The number of nitrogen functional groups attached to an aromatic ring is 2. The van der Waals surface area contributed by atoms with Crippen LogP contribution < -0.4 is 25.9 Å². The van der Waals surface area contributed by atoms with Gasteiger partial charge >= 0.3 is 0 Å². The van der Waals surface area contributed by atoms with Crippen molar-refractivity contribution in [3.63, 3.8) is 0 Å². The number of aromatic nitrogens is 1. The number of nitrogens with one attached hydrogen (secondary N) is 1. The lowest BCUT2D eigenvalue weighted by atomic mass is 9.98. The fourth-order valence-electron chi connectivity index (χ4n) is 4.58. The molecule has 5 aromatic rings. The van der Waals surface area contributed by atoms with Gasteiger partial charge in [-0.3, -0.25) is 0 Å². The fraction of sp³-hybridized carbons (Fsp3) is 0.161. The molecule has 0 saturated carbocycles. The second-order valence-electron chi connectivity index (χ2n) is 9.37. The number of rotatable bonds is 7. The van der Waals surface area contributed by atoms with Crippen molar-refractivity contribution >= 4 is 49.0 Å². The van der Waals surface area contributed by atoms with Gasteiger partial charge in [-0.05, 0) is 62.4 Å². The minimum absolute atomic E-state index is 0.122. The lowest BCUT2D eigenvalue weighted by Crippen LogP contribution is -2.36. The molecule has 0 atom stereocenters. The van der Waals surface area contributed by atoms with Gasteiger partial charge in [0.2, 0.25) is 21.2 Å². The summed E-state index contributed by atoms with van der Waals surface area (Å²) in [7, 11) is -3.61. The summed E-state index contributed by atoms with van der Waals surface area (Å²) in [5.41, 5.74) is 18.2. The molecule has 40 heavy (non-hydrogen) atoms. The fourth-order valence-corrected chi connectivity index (χ4v) is 5.61. The quantitative estimate of drug-likeness (QED) is 0.159. The third-order valence-corrected chi connectivity index (χ3v) is 7.96. The summed E-state index contributed by atoms with van der Waals surface area (Å²) in [6.07, 6.45) is -0.342. The maximum absolute atomic E-state index is 11.6. The predicted molar refractivity (Wildman–Crippen MR) is 158 cm³/mol. The number of hydrogen-bond acceptors (Lipinski definition) is 6. The first kappa shape index (κ1) is 28.5. The van der Waals surface area contributed by atoms with Crippen LogP contribution in [0.1, 0.15) is 18.9 Å². The van der Waals surface area contributed by atoms with Gasteiger partial charge in [0.15, 0.2) is 0 Å². The van der Waals surface area contributed by atoms with Crippen molar-refractivity contribution in [3.05, 3.63) is 96.6 Å². The highest BCUT2D eigenvalue weighted by Crippen LogP contribution is 2.33. The van der Waals surface area contributed by atoms with Gasteiger partial charge in [0.25, 0.3) is 0 Å². The lowest BCUT2D eigenvalue weighted by molar-refractivity contribution is -0.655. The van der Waals surface area contributed by atoms with Crippen LogP contribution in [0.3, 0.4) is 0 Å². The van der Waals surface area contributed by atoms with Crippen LogP contribution in [0.15, 0.2) is 95.9 Å². The highest BCUT2D eigenvalue weighted by molar-refractivity contribution is 7.89. The Morgan fingerprint density at radius 1 is 0.850 bits per heavy atom. The van der Waals surface area contributed by atoms with E-state index in [2.05, 4.69) is 64.7 Å². The van der Waals surface area contributed by atoms with Gasteiger partial charge in [-0.2, -0.15) is 4.57 Å². The molecular weight excluding hydrogens is 524 g/mol. The van der Waals surface area contributed by atoms with E-state index in [1.807, 2.05) is 25.1 Å². The van der Waals surface area contributed by atoms with Crippen molar-refractivity contribution in [2.24, 2.45) is 0 Å². The number of aliphatic carboxylic acids is 1. The van der Waals surface area contributed by atoms with Crippen molar-refractivity contribution < 1.29 is 22.9 Å². The van der Waals surface area contributed by atoms with Crippen molar-refractivity contribution in [2.45, 2.75) is 31.7 Å². The number of anilines is 2. The molecule has 4 aromatic carbocycles. The number of fused-ring (bicyclic) bond motifs is 3. The molecule has 206 valence electrons. The topological polar surface area (TPSA) is 142 Å². The molecule has 0 aliphatic carbocycles. The molecule has 0 fully saturated rings. The number of nitrogens with zero attached hydrogens (tertiary/aromatic N) is 1. The van der Waals surface area contributed by atoms with Crippen molar-refractivity contribution in [1.82, 2.24) is 4.72 Å². The van der Waals surface area contributed by atoms with Gasteiger partial charge in [-0.25, -0.2) is 13.1 Å². The Hall–Kier alpha value is -4.47. The van der Waals surface area contributed by atoms with Crippen LogP contribution in [0.25, 0.3) is 32.9 Å². The maximum Gasteiger partial charge on any atom is 0.240 e. The molecule has 1 heterocycles. The molecule has 9 heteroatoms. The SMILES string of the molecule is CC[n+]1c(-c2ccccc2)c2cc(N)ccc2c2ccc(N)cc21.Cc1ccc(S(=O)(=O)NCCC(=O)[O-])cc1. The second-order valence-corrected chi connectivity index (χ2v) is 11.1. The molecule has 0 amide bonds. The van der Waals surface area contributed by atoms with Crippen LogP contribution in [-0.2, 0) is 21.4 Å². The van der Waals surface area contributed by atoms with Crippen LogP contribution >= 0.6 is 0 Å². The zero-order valence-corrected chi connectivity index (χ0v) is 23.2. The van der Waals surface area contributed by atoms with Gasteiger partial charge in [0, 0.05) is 47.3 Å². The molecule has 1 aromatic heterocycles. The van der Waals surface area contributed by atoms with Crippen LogP contribution in [0, 0.1) is 6.92 Å². The number of carboxylic acid groups (broad SMARTS) is 1. The lowest BCUT2D eigenvalue weighted by Gasteiger charge is -2.12. The molecule has 8 nitrogen and oxygen atoms in total. The number of sulfonamides is 1. The van der Waals surface area contributed by atoms with Crippen molar-refractivity contribution in [3.8, 4) is 11.3 Å². The van der Waals surface area contributed by atoms with E-state index in [1.54, 1.807) is 12.1 Å². The molecular formula is C31H32N4O4S. The minimum atomic E-state index is -3.61. The molecule has 5 rings (SSSR count). The third-order valence-electron chi connectivity index (χ3n) is 6.49. The number of nitrogens with two attached hydrogens (primary N) is 2. The Kier molecular flexibility index (Phi) is 8.67. The first-order valence-corrected chi connectivity index (χ1v) is 14.3. The summed E-state index contributed by atoms with van der Waals surface area (Å²) in [5.74, 6) is -1.29. The largest absolute Gasteiger partial charge is 0.550 e. The molecule has 0 spiro atoms. The molecule has 0 unspecified atom stereocenters. The van der Waals surface area contributed by atoms with E-state index in [1.165, 1.54) is 39.5 Å². The number of pyridine rings is 1. The molecule has 5 N–H and O–H groups in total. The Morgan fingerprint density at radius 2 is 1.48 bits per heavy atom. The number of carbonyl (C=O) groups excluding carboxylic acids is 1. The monoisotopic (exact) mass is 556 g/mol. The van der Waals surface area contributed by atoms with Gasteiger partial charge in [-0.15, -0.1) is 0 Å². The van der Waals surface area contributed by atoms with E-state index in [9.17, 15) is 18.3 Å². The van der Waals surface area contributed by atoms with Crippen LogP contribution in [0.2, 0.25) is 0 Å². The molecule has 0 saturated heterocycles. The molecule has 0 aliphatic heterocycles. The normalized spacial score (nSPS) is 11.2. The third kappa shape index (κ3) is 6.39. The van der Waals surface area contributed by atoms with Gasteiger partial charge in [-0.1, -0.05) is 42.0 Å². The second kappa shape index (κ2) is 12.1. The Morgan fingerprint density at radius 3 is 2.10 bits per heavy atom. The summed E-state index contributed by atoms with van der Waals surface area (Å²) in [6.45, 7) is 4.70. The number of hydrogen-bond donors (Lipinski definition) is 3. The average molecular weight is 557 g/mol. The van der Waals surface area contributed by atoms with E-state index in [0.29, 0.717) is 0 Å². The predicted octanol–water partition coefficient (Wildman–Crippen LogP) is 3.55. The first-order chi connectivity index (χ1) is 19.1. The highest BCUT2D eigenvalue weighted by atomic mass is 32.2. The Bertz CT molecular complexity index is 1770. The Labute approximate surface area is 233 Å². The number of carbonyl (C=O) groups is 1. The van der Waals surface area contributed by atoms with Crippen LogP contribution in [0.4, 0.5) is 11.4 Å². The number of carboxylic acids is 1. The van der Waals surface area contributed by atoms with E-state index >= 15 is 0 Å². The smallest absolute Gasteiger partial charge is 0.240 e. The first-order valence-electron chi connectivity index (χ1n) is 12.9. The summed E-state index contributed by atoms with van der Waals surface area (Å²) >= 11 is 0.